The summed E-state index contributed by atoms with van der Waals surface area (Å²) in [6.07, 6.45) is -1.15. The molecule has 1 aromatic heterocycles. The molecule has 3 heterocycles. The molecule has 34 heavy (non-hydrogen) atoms. The van der Waals surface area contributed by atoms with Crippen molar-refractivity contribution in [2.75, 3.05) is 13.2 Å². The van der Waals surface area contributed by atoms with Crippen molar-refractivity contribution < 1.29 is 27.2 Å². The molecular formula is C23H40N2O7Si2. The predicted octanol–water partition coefficient (Wildman–Crippen LogP) is 4.06. The largest absolute Gasteiger partial charge is 0.478 e. The van der Waals surface area contributed by atoms with Crippen molar-refractivity contribution in [1.29, 1.82) is 0 Å². The number of ketones is 1. The fourth-order valence-corrected chi connectivity index (χ4v) is 16.2. The van der Waals surface area contributed by atoms with Crippen LogP contribution in [0.4, 0.5) is 0 Å². The number of carbonyl (C=O) groups excluding carboxylic acids is 1. The lowest BCUT2D eigenvalue weighted by Crippen LogP contribution is -2.65. The second-order valence-corrected chi connectivity index (χ2v) is 19.2. The minimum atomic E-state index is -2.96. The molecule has 0 bridgehead atoms. The van der Waals surface area contributed by atoms with Crippen molar-refractivity contribution in [3.8, 4) is 5.88 Å². The summed E-state index contributed by atoms with van der Waals surface area (Å²) in [5.41, 5.74) is -0.0763. The second kappa shape index (κ2) is 10.3. The first-order chi connectivity index (χ1) is 15.9. The zero-order valence-electron chi connectivity index (χ0n) is 21.9. The molecule has 0 aromatic carbocycles. The first kappa shape index (κ1) is 27.2. The summed E-state index contributed by atoms with van der Waals surface area (Å²) < 4.78 is 33.2. The molecule has 9 nitrogen and oxygen atoms in total. The van der Waals surface area contributed by atoms with Gasteiger partial charge in [-0.1, -0.05) is 55.4 Å². The Kier molecular flexibility index (Phi) is 8.26. The summed E-state index contributed by atoms with van der Waals surface area (Å²) in [6.45, 7) is 19.3. The minimum absolute atomic E-state index is 0.0842. The molecule has 192 valence electrons. The number of hydrogen-bond donors (Lipinski definition) is 0. The quantitative estimate of drug-likeness (QED) is 0.504. The van der Waals surface area contributed by atoms with E-state index in [4.69, 9.17) is 22.4 Å². The van der Waals surface area contributed by atoms with Crippen LogP contribution in [0.3, 0.4) is 0 Å². The Morgan fingerprint density at radius 2 is 1.62 bits per heavy atom. The van der Waals surface area contributed by atoms with E-state index in [-0.39, 0.29) is 40.4 Å². The molecule has 2 saturated heterocycles. The maximum atomic E-state index is 13.6. The zero-order chi connectivity index (χ0) is 25.4. The lowest BCUT2D eigenvalue weighted by molar-refractivity contribution is -0.130. The molecule has 1 aromatic rings. The highest BCUT2D eigenvalue weighted by molar-refractivity contribution is 6.84. The Labute approximate surface area is 204 Å². The standard InChI is InChI=1S/C23H40N2O7Si2/c1-10-28-19-11-12-25(23(27)24-19)22-20(26)21-18(30-22)13-29-33(14(2)3,15(4)5)32-34(31-21,16(6)7)17(8)9/h11-12,14-18,21-22H,10,13H2,1-9H3/t18-,21-,22+/m0/s1. The lowest BCUT2D eigenvalue weighted by Gasteiger charge is -2.50. The van der Waals surface area contributed by atoms with Gasteiger partial charge >= 0.3 is 22.8 Å². The van der Waals surface area contributed by atoms with Gasteiger partial charge in [-0.2, -0.15) is 4.98 Å². The molecule has 11 heteroatoms. The molecule has 0 spiro atoms. The second-order valence-electron chi connectivity index (χ2n) is 10.3. The van der Waals surface area contributed by atoms with Gasteiger partial charge in [0.05, 0.1) is 13.2 Å². The van der Waals surface area contributed by atoms with Crippen LogP contribution in [0.25, 0.3) is 0 Å². The highest BCUT2D eigenvalue weighted by Crippen LogP contribution is 2.47. The van der Waals surface area contributed by atoms with E-state index in [1.54, 1.807) is 6.07 Å². The zero-order valence-corrected chi connectivity index (χ0v) is 23.9. The van der Waals surface area contributed by atoms with E-state index in [1.165, 1.54) is 10.8 Å². The number of fused-ring (bicyclic) bond motifs is 1. The molecule has 0 unspecified atom stereocenters. The third-order valence-electron chi connectivity index (χ3n) is 6.84. The highest BCUT2D eigenvalue weighted by atomic mass is 28.5. The molecule has 2 aliphatic heterocycles. The summed E-state index contributed by atoms with van der Waals surface area (Å²) >= 11 is 0. The van der Waals surface area contributed by atoms with Crippen molar-refractivity contribution in [3.05, 3.63) is 22.7 Å². The topological polar surface area (TPSA) is 98.1 Å². The first-order valence-corrected chi connectivity index (χ1v) is 16.3. The van der Waals surface area contributed by atoms with Crippen LogP contribution in [0.5, 0.6) is 5.88 Å². The summed E-state index contributed by atoms with van der Waals surface area (Å²) in [7, 11) is -5.70. The number of ether oxygens (including phenoxy) is 2. The molecule has 3 atom stereocenters. The fourth-order valence-electron chi connectivity index (χ4n) is 5.02. The smallest absolute Gasteiger partial charge is 0.353 e. The van der Waals surface area contributed by atoms with E-state index in [1.807, 2.05) is 6.92 Å². The van der Waals surface area contributed by atoms with Gasteiger partial charge in [-0.05, 0) is 29.1 Å². The summed E-state index contributed by atoms with van der Waals surface area (Å²) in [4.78, 5) is 30.2. The van der Waals surface area contributed by atoms with Crippen LogP contribution in [0.1, 0.15) is 68.5 Å². The van der Waals surface area contributed by atoms with E-state index in [0.717, 1.165) is 0 Å². The Balaban J connectivity index is 2.04. The van der Waals surface area contributed by atoms with E-state index >= 15 is 0 Å². The lowest BCUT2D eigenvalue weighted by atomic mass is 10.1. The third kappa shape index (κ3) is 4.70. The Morgan fingerprint density at radius 3 is 2.12 bits per heavy atom. The van der Waals surface area contributed by atoms with Crippen LogP contribution in [0.2, 0.25) is 22.2 Å². The average Bonchev–Trinajstić information content (AvgIpc) is 3.02. The van der Waals surface area contributed by atoms with Gasteiger partial charge in [0.25, 0.3) is 0 Å². The average molecular weight is 513 g/mol. The highest BCUT2D eigenvalue weighted by Gasteiger charge is 2.61. The maximum absolute atomic E-state index is 13.6. The van der Waals surface area contributed by atoms with Gasteiger partial charge in [-0.15, -0.1) is 0 Å². The molecule has 2 fully saturated rings. The summed E-state index contributed by atoms with van der Waals surface area (Å²) in [5, 5.41) is 0. The van der Waals surface area contributed by atoms with Gasteiger partial charge in [0.2, 0.25) is 17.9 Å². The van der Waals surface area contributed by atoms with Crippen LogP contribution in [0.15, 0.2) is 17.1 Å². The summed E-state index contributed by atoms with van der Waals surface area (Å²) in [5.74, 6) is -0.101. The van der Waals surface area contributed by atoms with Crippen LogP contribution < -0.4 is 10.4 Å². The van der Waals surface area contributed by atoms with Crippen molar-refractivity contribution in [2.45, 2.75) is 103 Å². The molecule has 0 amide bonds. The van der Waals surface area contributed by atoms with Gasteiger partial charge in [-0.3, -0.25) is 9.36 Å². The Bertz CT molecular complexity index is 918. The fraction of sp³-hybridized carbons (Fsp3) is 0.783. The molecule has 3 rings (SSSR count). The maximum Gasteiger partial charge on any atom is 0.353 e. The van der Waals surface area contributed by atoms with Crippen molar-refractivity contribution >= 4 is 22.9 Å². The molecule has 0 N–H and O–H groups in total. The van der Waals surface area contributed by atoms with Crippen LogP contribution in [0, 0.1) is 0 Å². The first-order valence-electron chi connectivity index (χ1n) is 12.3. The minimum Gasteiger partial charge on any atom is -0.478 e. The Hall–Kier alpha value is -1.38. The predicted molar refractivity (Wildman–Crippen MR) is 132 cm³/mol. The van der Waals surface area contributed by atoms with Crippen LogP contribution in [-0.4, -0.2) is 57.9 Å². The van der Waals surface area contributed by atoms with Crippen molar-refractivity contribution in [2.24, 2.45) is 0 Å². The number of carbonyl (C=O) groups is 1. The monoisotopic (exact) mass is 512 g/mol. The third-order valence-corrected chi connectivity index (χ3v) is 17.1. The number of aromatic nitrogens is 2. The van der Waals surface area contributed by atoms with Gasteiger partial charge < -0.3 is 22.4 Å². The SMILES string of the molecule is CCOc1ccn([C@@H]2O[C@H]3CO[Si](C(C)C)(C(C)C)O[Si](C(C)C)(C(C)C)O[C@@H]3C2=O)c(=O)n1. The van der Waals surface area contributed by atoms with Crippen molar-refractivity contribution in [1.82, 2.24) is 9.55 Å². The van der Waals surface area contributed by atoms with E-state index in [0.29, 0.717) is 6.61 Å². The number of nitrogens with zero attached hydrogens (tertiary/aromatic N) is 2. The Morgan fingerprint density at radius 1 is 1.03 bits per heavy atom. The number of Topliss-reactive ketones (excluding diaryl/α,β-unsaturated/α-hetero) is 1. The van der Waals surface area contributed by atoms with E-state index < -0.39 is 41.2 Å². The molecular weight excluding hydrogens is 472 g/mol. The molecule has 0 saturated carbocycles. The van der Waals surface area contributed by atoms with Crippen LogP contribution in [-0.2, 0) is 22.5 Å². The van der Waals surface area contributed by atoms with Gasteiger partial charge in [-0.25, -0.2) is 4.79 Å². The molecule has 2 aliphatic rings. The van der Waals surface area contributed by atoms with Gasteiger partial charge in [0.15, 0.2) is 0 Å². The van der Waals surface area contributed by atoms with Gasteiger partial charge in [0.1, 0.15) is 12.2 Å². The molecule has 0 aliphatic carbocycles. The van der Waals surface area contributed by atoms with Crippen LogP contribution >= 0.6 is 0 Å². The summed E-state index contributed by atoms with van der Waals surface area (Å²) in [6, 6.07) is 1.55. The van der Waals surface area contributed by atoms with E-state index in [9.17, 15) is 9.59 Å². The molecule has 0 radical (unpaired) electrons. The number of hydrogen-bond acceptors (Lipinski definition) is 8. The van der Waals surface area contributed by atoms with Crippen molar-refractivity contribution in [3.63, 3.8) is 0 Å². The van der Waals surface area contributed by atoms with Gasteiger partial charge in [0, 0.05) is 12.3 Å². The number of rotatable bonds is 7. The van der Waals surface area contributed by atoms with E-state index in [2.05, 4.69) is 60.4 Å². The normalized spacial score (nSPS) is 26.7.